The predicted molar refractivity (Wildman–Crippen MR) is 79.5 cm³/mol. The summed E-state index contributed by atoms with van der Waals surface area (Å²) in [4.78, 5) is 3.63. The molecule has 2 heteroatoms. The summed E-state index contributed by atoms with van der Waals surface area (Å²) in [6, 6.07) is 10.2. The molecule has 19 heavy (non-hydrogen) atoms. The molecule has 2 nitrogen and oxygen atoms in total. The fourth-order valence-corrected chi connectivity index (χ4v) is 3.95. The first-order valence-corrected chi connectivity index (χ1v) is 7.74. The summed E-state index contributed by atoms with van der Waals surface area (Å²) in [7, 11) is 0. The number of aromatic nitrogens is 1. The molecular weight excluding hydrogens is 232 g/mol. The standard InChI is InChI=1S/C17H22N2/c1-2-6-12(5-1)18-13-9-10-15-14-7-3-4-8-16(14)19-17(15)11-13/h3-4,7-8,12-13,18-19H,1-2,5-6,9-11H2. The molecule has 1 saturated carbocycles. The Kier molecular flexibility index (Phi) is 2.84. The van der Waals surface area contributed by atoms with Crippen LogP contribution in [0.1, 0.15) is 43.4 Å². The van der Waals surface area contributed by atoms with Gasteiger partial charge < -0.3 is 10.3 Å². The largest absolute Gasteiger partial charge is 0.358 e. The highest BCUT2D eigenvalue weighted by Crippen LogP contribution is 2.30. The summed E-state index contributed by atoms with van der Waals surface area (Å²) < 4.78 is 0. The van der Waals surface area contributed by atoms with Crippen molar-refractivity contribution in [3.8, 4) is 0 Å². The van der Waals surface area contributed by atoms with Crippen LogP contribution in [0.25, 0.3) is 10.9 Å². The molecule has 0 saturated heterocycles. The maximum absolute atomic E-state index is 3.88. The maximum atomic E-state index is 3.88. The molecule has 1 unspecified atom stereocenters. The highest BCUT2D eigenvalue weighted by atomic mass is 15.0. The van der Waals surface area contributed by atoms with E-state index in [1.807, 2.05) is 0 Å². The number of aromatic amines is 1. The van der Waals surface area contributed by atoms with Crippen LogP contribution in [-0.2, 0) is 12.8 Å². The first-order chi connectivity index (χ1) is 9.40. The Bertz CT molecular complexity index is 578. The summed E-state index contributed by atoms with van der Waals surface area (Å²) in [5.74, 6) is 0. The van der Waals surface area contributed by atoms with Gasteiger partial charge in [-0.25, -0.2) is 0 Å². The number of aryl methyl sites for hydroxylation is 1. The Labute approximate surface area is 114 Å². The van der Waals surface area contributed by atoms with Gasteiger partial charge in [-0.05, 0) is 37.3 Å². The van der Waals surface area contributed by atoms with Crippen LogP contribution in [-0.4, -0.2) is 17.1 Å². The number of H-pyrrole nitrogens is 1. The molecule has 2 aliphatic rings. The van der Waals surface area contributed by atoms with Gasteiger partial charge in [0.25, 0.3) is 0 Å². The first kappa shape index (κ1) is 11.5. The summed E-state index contributed by atoms with van der Waals surface area (Å²) in [5.41, 5.74) is 4.36. The summed E-state index contributed by atoms with van der Waals surface area (Å²) in [5, 5.41) is 5.32. The number of hydrogen-bond acceptors (Lipinski definition) is 1. The van der Waals surface area contributed by atoms with Crippen LogP contribution in [0, 0.1) is 0 Å². The zero-order valence-corrected chi connectivity index (χ0v) is 11.4. The second-order valence-corrected chi connectivity index (χ2v) is 6.22. The van der Waals surface area contributed by atoms with Crippen LogP contribution in [0.4, 0.5) is 0 Å². The van der Waals surface area contributed by atoms with Crippen LogP contribution in [0.2, 0.25) is 0 Å². The minimum absolute atomic E-state index is 0.684. The molecule has 1 aromatic carbocycles. The third-order valence-electron chi connectivity index (χ3n) is 4.92. The van der Waals surface area contributed by atoms with Gasteiger partial charge in [0.05, 0.1) is 0 Å². The van der Waals surface area contributed by atoms with Gasteiger partial charge in [0.2, 0.25) is 0 Å². The van der Waals surface area contributed by atoms with Crippen molar-refractivity contribution in [2.45, 2.75) is 57.0 Å². The summed E-state index contributed by atoms with van der Waals surface area (Å²) >= 11 is 0. The van der Waals surface area contributed by atoms with Gasteiger partial charge in [0.15, 0.2) is 0 Å². The van der Waals surface area contributed by atoms with Crippen molar-refractivity contribution in [1.29, 1.82) is 0 Å². The smallest absolute Gasteiger partial charge is 0.0458 e. The minimum atomic E-state index is 0.684. The van der Waals surface area contributed by atoms with Crippen molar-refractivity contribution in [2.75, 3.05) is 0 Å². The maximum Gasteiger partial charge on any atom is 0.0458 e. The fraction of sp³-hybridized carbons (Fsp3) is 0.529. The fourth-order valence-electron chi connectivity index (χ4n) is 3.95. The molecule has 1 heterocycles. The van der Waals surface area contributed by atoms with Crippen molar-refractivity contribution in [3.63, 3.8) is 0 Å². The van der Waals surface area contributed by atoms with E-state index in [2.05, 4.69) is 34.6 Å². The highest BCUT2D eigenvalue weighted by molar-refractivity contribution is 5.84. The lowest BCUT2D eigenvalue weighted by atomic mass is 9.91. The Hall–Kier alpha value is -1.28. The SMILES string of the molecule is c1ccc2c3c([nH]c2c1)CC(NC1CCCC1)CC3. The Morgan fingerprint density at radius 2 is 1.84 bits per heavy atom. The van der Waals surface area contributed by atoms with Gasteiger partial charge in [-0.15, -0.1) is 0 Å². The molecule has 1 atom stereocenters. The molecule has 2 aliphatic carbocycles. The Balaban J connectivity index is 1.56. The number of benzene rings is 1. The van der Waals surface area contributed by atoms with Crippen molar-refractivity contribution in [1.82, 2.24) is 10.3 Å². The third kappa shape index (κ3) is 2.08. The normalized spacial score (nSPS) is 23.9. The lowest BCUT2D eigenvalue weighted by Gasteiger charge is -2.26. The molecule has 2 aromatic rings. The van der Waals surface area contributed by atoms with Gasteiger partial charge in [-0.1, -0.05) is 31.0 Å². The van der Waals surface area contributed by atoms with Crippen molar-refractivity contribution < 1.29 is 0 Å². The van der Waals surface area contributed by atoms with Gasteiger partial charge in [0, 0.05) is 35.1 Å². The molecule has 2 N–H and O–H groups in total. The molecule has 0 amide bonds. The number of para-hydroxylation sites is 1. The summed E-state index contributed by atoms with van der Waals surface area (Å²) in [6.07, 6.45) is 9.31. The molecule has 1 aromatic heterocycles. The number of nitrogens with one attached hydrogen (secondary N) is 2. The zero-order chi connectivity index (χ0) is 12.7. The van der Waals surface area contributed by atoms with E-state index in [0.717, 1.165) is 6.04 Å². The lowest BCUT2D eigenvalue weighted by Crippen LogP contribution is -2.40. The van der Waals surface area contributed by atoms with Crippen LogP contribution in [0.15, 0.2) is 24.3 Å². The van der Waals surface area contributed by atoms with E-state index in [1.54, 1.807) is 5.56 Å². The molecule has 4 rings (SSSR count). The average molecular weight is 254 g/mol. The third-order valence-corrected chi connectivity index (χ3v) is 4.92. The Morgan fingerprint density at radius 1 is 1.00 bits per heavy atom. The van der Waals surface area contributed by atoms with Crippen LogP contribution in [0.3, 0.4) is 0 Å². The van der Waals surface area contributed by atoms with E-state index in [-0.39, 0.29) is 0 Å². The minimum Gasteiger partial charge on any atom is -0.358 e. The van der Waals surface area contributed by atoms with E-state index in [0.29, 0.717) is 6.04 Å². The van der Waals surface area contributed by atoms with Crippen LogP contribution < -0.4 is 5.32 Å². The molecule has 1 fully saturated rings. The van der Waals surface area contributed by atoms with Gasteiger partial charge in [-0.3, -0.25) is 0 Å². The van der Waals surface area contributed by atoms with Gasteiger partial charge in [0.1, 0.15) is 0 Å². The van der Waals surface area contributed by atoms with E-state index in [4.69, 9.17) is 0 Å². The van der Waals surface area contributed by atoms with Gasteiger partial charge in [-0.2, -0.15) is 0 Å². The molecule has 0 aliphatic heterocycles. The second kappa shape index (κ2) is 4.68. The Morgan fingerprint density at radius 3 is 2.74 bits per heavy atom. The quantitative estimate of drug-likeness (QED) is 0.842. The van der Waals surface area contributed by atoms with Crippen molar-refractivity contribution >= 4 is 10.9 Å². The topological polar surface area (TPSA) is 27.8 Å². The average Bonchev–Trinajstić information content (AvgIpc) is 3.05. The van der Waals surface area contributed by atoms with Crippen LogP contribution >= 0.6 is 0 Å². The van der Waals surface area contributed by atoms with E-state index in [9.17, 15) is 0 Å². The van der Waals surface area contributed by atoms with E-state index >= 15 is 0 Å². The summed E-state index contributed by atoms with van der Waals surface area (Å²) in [6.45, 7) is 0. The molecule has 0 radical (unpaired) electrons. The lowest BCUT2D eigenvalue weighted by molar-refractivity contribution is 0.394. The van der Waals surface area contributed by atoms with E-state index < -0.39 is 0 Å². The monoisotopic (exact) mass is 254 g/mol. The number of hydrogen-bond donors (Lipinski definition) is 2. The van der Waals surface area contributed by atoms with Crippen LogP contribution in [0.5, 0.6) is 0 Å². The second-order valence-electron chi connectivity index (χ2n) is 6.22. The van der Waals surface area contributed by atoms with Gasteiger partial charge >= 0.3 is 0 Å². The number of fused-ring (bicyclic) bond motifs is 3. The number of rotatable bonds is 2. The predicted octanol–water partition coefficient (Wildman–Crippen LogP) is 3.56. The molecule has 0 spiro atoms. The highest BCUT2D eigenvalue weighted by Gasteiger charge is 2.25. The zero-order valence-electron chi connectivity index (χ0n) is 11.4. The van der Waals surface area contributed by atoms with E-state index in [1.165, 1.54) is 61.5 Å². The molecular formula is C17H22N2. The van der Waals surface area contributed by atoms with Crippen molar-refractivity contribution in [3.05, 3.63) is 35.5 Å². The van der Waals surface area contributed by atoms with Crippen molar-refractivity contribution in [2.24, 2.45) is 0 Å². The molecule has 0 bridgehead atoms. The first-order valence-electron chi connectivity index (χ1n) is 7.74. The molecule has 100 valence electrons.